The van der Waals surface area contributed by atoms with Gasteiger partial charge in [0.25, 0.3) is 0 Å². The zero-order valence-electron chi connectivity index (χ0n) is 15.3. The lowest BCUT2D eigenvalue weighted by molar-refractivity contribution is -0.134. The number of hydrogen-bond donors (Lipinski definition) is 1. The van der Waals surface area contributed by atoms with E-state index in [0.717, 1.165) is 32.6 Å². The van der Waals surface area contributed by atoms with Crippen LogP contribution in [0.15, 0.2) is 18.2 Å². The molecule has 0 saturated carbocycles. The third-order valence-electron chi connectivity index (χ3n) is 4.33. The molecule has 1 N–H and O–H groups in total. The van der Waals surface area contributed by atoms with Gasteiger partial charge in [0.2, 0.25) is 11.8 Å². The van der Waals surface area contributed by atoms with Gasteiger partial charge in [0, 0.05) is 31.2 Å². The molecule has 6 nitrogen and oxygen atoms in total. The number of likely N-dealkylation sites (N-methyl/N-ethyl adjacent to an activating group) is 1. The molecule has 0 unspecified atom stereocenters. The maximum absolute atomic E-state index is 12.5. The van der Waals surface area contributed by atoms with E-state index in [1.807, 2.05) is 16.7 Å². The van der Waals surface area contributed by atoms with Crippen molar-refractivity contribution in [3.8, 4) is 0 Å². The van der Waals surface area contributed by atoms with Crippen molar-refractivity contribution in [3.05, 3.63) is 28.2 Å². The van der Waals surface area contributed by atoms with Gasteiger partial charge >= 0.3 is 0 Å². The van der Waals surface area contributed by atoms with Crippen LogP contribution in [0.4, 0.5) is 5.69 Å². The number of benzene rings is 1. The van der Waals surface area contributed by atoms with Crippen LogP contribution in [0.2, 0.25) is 10.0 Å². The summed E-state index contributed by atoms with van der Waals surface area (Å²) < 4.78 is 0. The molecule has 1 aromatic carbocycles. The molecule has 26 heavy (non-hydrogen) atoms. The average Bonchev–Trinajstić information content (AvgIpc) is 2.58. The maximum atomic E-state index is 12.5. The summed E-state index contributed by atoms with van der Waals surface area (Å²) in [5, 5.41) is 3.68. The van der Waals surface area contributed by atoms with Gasteiger partial charge in [-0.1, -0.05) is 30.1 Å². The molecule has 0 aliphatic carbocycles. The van der Waals surface area contributed by atoms with Crippen LogP contribution < -0.4 is 5.32 Å². The highest BCUT2D eigenvalue weighted by Crippen LogP contribution is 2.25. The molecule has 1 aromatic rings. The van der Waals surface area contributed by atoms with E-state index in [0.29, 0.717) is 22.3 Å². The van der Waals surface area contributed by atoms with Gasteiger partial charge in [-0.25, -0.2) is 0 Å². The van der Waals surface area contributed by atoms with E-state index in [9.17, 15) is 9.59 Å². The van der Waals surface area contributed by atoms with Crippen molar-refractivity contribution < 1.29 is 9.59 Å². The molecule has 0 atom stereocenters. The standard InChI is InChI=1S/C18H26Cl2N4O2/c1-3-6-23(13-18(26)24-9-7-22(2)8-10-24)12-17(25)21-16-5-4-14(19)11-15(16)20/h4-5,11H,3,6-10,12-13H2,1-2H3,(H,21,25). The summed E-state index contributed by atoms with van der Waals surface area (Å²) in [5.74, 6) is -0.127. The van der Waals surface area contributed by atoms with E-state index in [-0.39, 0.29) is 24.9 Å². The second-order valence-electron chi connectivity index (χ2n) is 6.57. The van der Waals surface area contributed by atoms with Crippen molar-refractivity contribution in [1.29, 1.82) is 0 Å². The number of hydrogen-bond acceptors (Lipinski definition) is 4. The highest BCUT2D eigenvalue weighted by Gasteiger charge is 2.22. The number of piperazine rings is 1. The van der Waals surface area contributed by atoms with Crippen molar-refractivity contribution in [3.63, 3.8) is 0 Å². The van der Waals surface area contributed by atoms with Gasteiger partial charge in [-0.3, -0.25) is 14.5 Å². The quantitative estimate of drug-likeness (QED) is 0.763. The van der Waals surface area contributed by atoms with Crippen molar-refractivity contribution in [1.82, 2.24) is 14.7 Å². The summed E-state index contributed by atoms with van der Waals surface area (Å²) in [7, 11) is 2.05. The van der Waals surface area contributed by atoms with Crippen molar-refractivity contribution >= 4 is 40.7 Å². The number of halogens is 2. The van der Waals surface area contributed by atoms with E-state index < -0.39 is 0 Å². The maximum Gasteiger partial charge on any atom is 0.238 e. The lowest BCUT2D eigenvalue weighted by Crippen LogP contribution is -2.50. The number of nitrogens with zero attached hydrogens (tertiary/aromatic N) is 3. The summed E-state index contributed by atoms with van der Waals surface area (Å²) in [5.41, 5.74) is 0.517. The predicted octanol–water partition coefficient (Wildman–Crippen LogP) is 2.42. The Hall–Kier alpha value is -1.34. The number of carbonyl (C=O) groups excluding carboxylic acids is 2. The average molecular weight is 401 g/mol. The molecule has 0 aromatic heterocycles. The summed E-state index contributed by atoms with van der Waals surface area (Å²) in [6, 6.07) is 4.92. The van der Waals surface area contributed by atoms with Crippen LogP contribution in [0.1, 0.15) is 13.3 Å². The number of carbonyl (C=O) groups is 2. The lowest BCUT2D eigenvalue weighted by atomic mass is 10.3. The summed E-state index contributed by atoms with van der Waals surface area (Å²) in [4.78, 5) is 30.8. The number of nitrogens with one attached hydrogen (secondary N) is 1. The Labute approximate surface area is 165 Å². The number of anilines is 1. The Bertz CT molecular complexity index is 634. The Morgan fingerprint density at radius 1 is 1.15 bits per heavy atom. The zero-order chi connectivity index (χ0) is 19.1. The van der Waals surface area contributed by atoms with Crippen molar-refractivity contribution in [2.24, 2.45) is 0 Å². The van der Waals surface area contributed by atoms with E-state index in [1.54, 1.807) is 18.2 Å². The number of amides is 2. The Morgan fingerprint density at radius 3 is 2.46 bits per heavy atom. The van der Waals surface area contributed by atoms with Gasteiger partial charge in [0.1, 0.15) is 0 Å². The lowest BCUT2D eigenvalue weighted by Gasteiger charge is -2.33. The topological polar surface area (TPSA) is 55.9 Å². The van der Waals surface area contributed by atoms with Crippen LogP contribution in [0.3, 0.4) is 0 Å². The SMILES string of the molecule is CCCN(CC(=O)Nc1ccc(Cl)cc1Cl)CC(=O)N1CCN(C)CC1. The smallest absolute Gasteiger partial charge is 0.238 e. The highest BCUT2D eigenvalue weighted by atomic mass is 35.5. The van der Waals surface area contributed by atoms with Gasteiger partial charge in [0.15, 0.2) is 0 Å². The van der Waals surface area contributed by atoms with Crippen LogP contribution >= 0.6 is 23.2 Å². The first-order valence-corrected chi connectivity index (χ1v) is 9.58. The summed E-state index contributed by atoms with van der Waals surface area (Å²) in [6.07, 6.45) is 0.866. The van der Waals surface area contributed by atoms with Gasteiger partial charge in [-0.15, -0.1) is 0 Å². The molecular formula is C18H26Cl2N4O2. The molecule has 8 heteroatoms. The fourth-order valence-corrected chi connectivity index (χ4v) is 3.32. The Morgan fingerprint density at radius 2 is 1.85 bits per heavy atom. The Balaban J connectivity index is 1.89. The van der Waals surface area contributed by atoms with Crippen LogP contribution in [0.25, 0.3) is 0 Å². The Kier molecular flexibility index (Phi) is 8.15. The number of rotatable bonds is 7. The third kappa shape index (κ3) is 6.43. The third-order valence-corrected chi connectivity index (χ3v) is 4.87. The molecule has 2 amide bonds. The fourth-order valence-electron chi connectivity index (χ4n) is 2.86. The first-order chi connectivity index (χ1) is 12.4. The van der Waals surface area contributed by atoms with E-state index >= 15 is 0 Å². The normalized spacial score (nSPS) is 15.3. The van der Waals surface area contributed by atoms with Crippen LogP contribution in [-0.2, 0) is 9.59 Å². The van der Waals surface area contributed by atoms with E-state index in [1.165, 1.54) is 0 Å². The van der Waals surface area contributed by atoms with E-state index in [2.05, 4.69) is 17.3 Å². The molecular weight excluding hydrogens is 375 g/mol. The summed E-state index contributed by atoms with van der Waals surface area (Å²) >= 11 is 12.0. The zero-order valence-corrected chi connectivity index (χ0v) is 16.8. The van der Waals surface area contributed by atoms with Crippen molar-refractivity contribution in [2.45, 2.75) is 13.3 Å². The molecule has 0 spiro atoms. The molecule has 0 radical (unpaired) electrons. The monoisotopic (exact) mass is 400 g/mol. The van der Waals surface area contributed by atoms with Crippen LogP contribution in [-0.4, -0.2) is 79.4 Å². The molecule has 1 heterocycles. The minimum Gasteiger partial charge on any atom is -0.339 e. The molecule has 1 saturated heterocycles. The molecule has 2 rings (SSSR count). The molecule has 0 bridgehead atoms. The molecule has 1 fully saturated rings. The minimum absolute atomic E-state index is 0.0730. The molecule has 1 aliphatic heterocycles. The first kappa shape index (κ1) is 21.0. The minimum atomic E-state index is -0.200. The second-order valence-corrected chi connectivity index (χ2v) is 7.41. The van der Waals surface area contributed by atoms with Gasteiger partial charge in [-0.05, 0) is 38.2 Å². The largest absolute Gasteiger partial charge is 0.339 e. The molecule has 1 aliphatic rings. The second kappa shape index (κ2) is 10.1. The van der Waals surface area contributed by atoms with Gasteiger partial charge in [-0.2, -0.15) is 0 Å². The summed E-state index contributed by atoms with van der Waals surface area (Å²) in [6.45, 7) is 6.35. The fraction of sp³-hybridized carbons (Fsp3) is 0.556. The van der Waals surface area contributed by atoms with Crippen LogP contribution in [0, 0.1) is 0 Å². The molecule has 144 valence electrons. The van der Waals surface area contributed by atoms with Gasteiger partial charge < -0.3 is 15.1 Å². The van der Waals surface area contributed by atoms with Gasteiger partial charge in [0.05, 0.1) is 23.8 Å². The van der Waals surface area contributed by atoms with Crippen LogP contribution in [0.5, 0.6) is 0 Å². The van der Waals surface area contributed by atoms with E-state index in [4.69, 9.17) is 23.2 Å². The highest BCUT2D eigenvalue weighted by molar-refractivity contribution is 6.36. The van der Waals surface area contributed by atoms with Crippen molar-refractivity contribution in [2.75, 3.05) is 58.2 Å². The first-order valence-electron chi connectivity index (χ1n) is 8.82. The predicted molar refractivity (Wildman–Crippen MR) is 106 cm³/mol.